The van der Waals surface area contributed by atoms with Crippen LogP contribution in [-0.2, 0) is 17.8 Å². The summed E-state index contributed by atoms with van der Waals surface area (Å²) < 4.78 is 8.71. The summed E-state index contributed by atoms with van der Waals surface area (Å²) in [6.45, 7) is 1.81. The lowest BCUT2D eigenvalue weighted by atomic mass is 10.1. The Labute approximate surface area is 170 Å². The maximum Gasteiger partial charge on any atom is 0.248 e. The summed E-state index contributed by atoms with van der Waals surface area (Å²) in [7, 11) is 1.67. The van der Waals surface area contributed by atoms with E-state index >= 15 is 0 Å². The van der Waals surface area contributed by atoms with Gasteiger partial charge in [-0.25, -0.2) is 9.67 Å². The molecule has 0 fully saturated rings. The number of ether oxygens (including phenoxy) is 1. The monoisotopic (exact) mass is 401 g/mol. The van der Waals surface area contributed by atoms with Crippen LogP contribution in [-0.4, -0.2) is 48.5 Å². The van der Waals surface area contributed by atoms with E-state index in [2.05, 4.69) is 20.4 Å². The summed E-state index contributed by atoms with van der Waals surface area (Å²) in [6.07, 6.45) is 3.74. The maximum absolute atomic E-state index is 11.5. The smallest absolute Gasteiger partial charge is 0.248 e. The van der Waals surface area contributed by atoms with Crippen LogP contribution in [0.3, 0.4) is 0 Å². The summed E-state index contributed by atoms with van der Waals surface area (Å²) in [4.78, 5) is 19.1. The molecule has 0 atom stereocenters. The van der Waals surface area contributed by atoms with Crippen LogP contribution in [0.1, 0.15) is 5.56 Å². The second-order valence-electron chi connectivity index (χ2n) is 7.02. The molecule has 1 N–H and O–H groups in total. The van der Waals surface area contributed by atoms with Crippen molar-refractivity contribution in [3.05, 3.63) is 70.8 Å². The SMILES string of the molecule is COCCn1cc(-c2ccc3nnn(Cc4ccc5[nH]c(=O)ccc5c4)c3n2)cn1. The Hall–Kier alpha value is -3.85. The first-order valence-corrected chi connectivity index (χ1v) is 9.53. The predicted molar refractivity (Wildman–Crippen MR) is 112 cm³/mol. The van der Waals surface area contributed by atoms with Gasteiger partial charge in [0.15, 0.2) is 5.65 Å². The molecule has 0 unspecified atom stereocenters. The van der Waals surface area contributed by atoms with Crippen molar-refractivity contribution in [1.29, 1.82) is 0 Å². The van der Waals surface area contributed by atoms with Crippen LogP contribution in [0.4, 0.5) is 0 Å². The molecular weight excluding hydrogens is 382 g/mol. The van der Waals surface area contributed by atoms with E-state index in [1.54, 1.807) is 18.0 Å². The Morgan fingerprint density at radius 2 is 2.07 bits per heavy atom. The van der Waals surface area contributed by atoms with Gasteiger partial charge in [-0.15, -0.1) is 5.10 Å². The van der Waals surface area contributed by atoms with Gasteiger partial charge < -0.3 is 9.72 Å². The van der Waals surface area contributed by atoms with E-state index in [9.17, 15) is 4.79 Å². The number of hydrogen-bond acceptors (Lipinski definition) is 6. The summed E-state index contributed by atoms with van der Waals surface area (Å²) in [5.74, 6) is 0. The molecule has 9 nitrogen and oxygen atoms in total. The number of H-pyrrole nitrogens is 1. The molecule has 30 heavy (non-hydrogen) atoms. The van der Waals surface area contributed by atoms with Crippen LogP contribution in [0.5, 0.6) is 0 Å². The van der Waals surface area contributed by atoms with Gasteiger partial charge >= 0.3 is 0 Å². The van der Waals surface area contributed by atoms with Crippen LogP contribution in [0.2, 0.25) is 0 Å². The predicted octanol–water partition coefficient (Wildman–Crippen LogP) is 2.23. The fraction of sp³-hybridized carbons (Fsp3) is 0.190. The molecule has 4 aromatic heterocycles. The Bertz CT molecular complexity index is 1400. The van der Waals surface area contributed by atoms with Crippen molar-refractivity contribution in [2.45, 2.75) is 13.1 Å². The normalized spacial score (nSPS) is 11.5. The van der Waals surface area contributed by atoms with E-state index in [1.807, 2.05) is 47.3 Å². The van der Waals surface area contributed by atoms with Crippen LogP contribution in [0, 0.1) is 0 Å². The molecule has 0 bridgehead atoms. The second-order valence-corrected chi connectivity index (χ2v) is 7.02. The van der Waals surface area contributed by atoms with E-state index in [4.69, 9.17) is 9.72 Å². The molecule has 0 saturated heterocycles. The Morgan fingerprint density at radius 1 is 1.13 bits per heavy atom. The number of nitrogens with one attached hydrogen (secondary N) is 1. The van der Waals surface area contributed by atoms with Crippen LogP contribution >= 0.6 is 0 Å². The number of nitrogens with zero attached hydrogens (tertiary/aromatic N) is 6. The lowest BCUT2D eigenvalue weighted by molar-refractivity contribution is 0.183. The van der Waals surface area contributed by atoms with E-state index in [0.717, 1.165) is 33.2 Å². The van der Waals surface area contributed by atoms with E-state index < -0.39 is 0 Å². The minimum atomic E-state index is -0.111. The molecule has 0 radical (unpaired) electrons. The van der Waals surface area contributed by atoms with E-state index in [-0.39, 0.29) is 5.56 Å². The first-order chi connectivity index (χ1) is 14.7. The number of methoxy groups -OCH3 is 1. The molecule has 9 heteroatoms. The zero-order valence-electron chi connectivity index (χ0n) is 16.3. The summed E-state index contributed by atoms with van der Waals surface area (Å²) >= 11 is 0. The van der Waals surface area contributed by atoms with Gasteiger partial charge in [0.25, 0.3) is 0 Å². The lowest BCUT2D eigenvalue weighted by Crippen LogP contribution is -2.05. The molecule has 0 aliphatic carbocycles. The third-order valence-electron chi connectivity index (χ3n) is 4.93. The van der Waals surface area contributed by atoms with Crippen LogP contribution in [0.15, 0.2) is 59.7 Å². The average Bonchev–Trinajstić information content (AvgIpc) is 3.39. The maximum atomic E-state index is 11.5. The highest BCUT2D eigenvalue weighted by molar-refractivity contribution is 5.79. The highest BCUT2D eigenvalue weighted by atomic mass is 16.5. The van der Waals surface area contributed by atoms with Crippen molar-refractivity contribution in [1.82, 2.24) is 34.7 Å². The summed E-state index contributed by atoms with van der Waals surface area (Å²) in [5, 5.41) is 13.8. The molecule has 4 heterocycles. The number of aromatic amines is 1. The summed E-state index contributed by atoms with van der Waals surface area (Å²) in [5.41, 5.74) is 4.91. The lowest BCUT2D eigenvalue weighted by Gasteiger charge is -2.05. The topological polar surface area (TPSA) is 104 Å². The van der Waals surface area contributed by atoms with Crippen LogP contribution < -0.4 is 5.56 Å². The standard InChI is InChI=1S/C21H19N7O2/c1-30-9-8-27-13-16(11-22-27)18-5-6-19-21(24-18)28(26-25-19)12-14-2-4-17-15(10-14)3-7-20(29)23-17/h2-7,10-11,13H,8-9,12H2,1H3,(H,23,29). The fourth-order valence-corrected chi connectivity index (χ4v) is 3.40. The minimum Gasteiger partial charge on any atom is -0.383 e. The quantitative estimate of drug-likeness (QED) is 0.468. The molecule has 5 rings (SSSR count). The van der Waals surface area contributed by atoms with Gasteiger partial charge in [0.05, 0.1) is 31.6 Å². The molecule has 0 aliphatic rings. The van der Waals surface area contributed by atoms with Gasteiger partial charge in [0.1, 0.15) is 5.52 Å². The second kappa shape index (κ2) is 7.53. The molecule has 0 aliphatic heterocycles. The fourth-order valence-electron chi connectivity index (χ4n) is 3.40. The molecule has 5 aromatic rings. The number of rotatable bonds is 6. The highest BCUT2D eigenvalue weighted by Gasteiger charge is 2.11. The third kappa shape index (κ3) is 3.46. The van der Waals surface area contributed by atoms with E-state index in [1.165, 1.54) is 6.07 Å². The van der Waals surface area contributed by atoms with Gasteiger partial charge in [0.2, 0.25) is 5.56 Å². The Kier molecular flexibility index (Phi) is 4.56. The third-order valence-corrected chi connectivity index (χ3v) is 4.93. The molecule has 0 amide bonds. The summed E-state index contributed by atoms with van der Waals surface area (Å²) in [6, 6.07) is 13.1. The Balaban J connectivity index is 1.46. The van der Waals surface area contributed by atoms with Gasteiger partial charge in [-0.3, -0.25) is 9.48 Å². The average molecular weight is 401 g/mol. The number of pyridine rings is 2. The zero-order chi connectivity index (χ0) is 20.5. The van der Waals surface area contributed by atoms with Crippen molar-refractivity contribution >= 4 is 22.1 Å². The first-order valence-electron chi connectivity index (χ1n) is 9.53. The zero-order valence-corrected chi connectivity index (χ0v) is 16.3. The highest BCUT2D eigenvalue weighted by Crippen LogP contribution is 2.20. The van der Waals surface area contributed by atoms with E-state index in [0.29, 0.717) is 25.3 Å². The van der Waals surface area contributed by atoms with Crippen molar-refractivity contribution in [3.63, 3.8) is 0 Å². The van der Waals surface area contributed by atoms with Crippen molar-refractivity contribution in [2.75, 3.05) is 13.7 Å². The number of hydrogen-bond donors (Lipinski definition) is 1. The first kappa shape index (κ1) is 18.2. The molecule has 150 valence electrons. The van der Waals surface area contributed by atoms with Gasteiger partial charge in [-0.2, -0.15) is 5.10 Å². The number of aromatic nitrogens is 7. The van der Waals surface area contributed by atoms with Gasteiger partial charge in [-0.1, -0.05) is 11.3 Å². The molecular formula is C21H19N7O2. The largest absolute Gasteiger partial charge is 0.383 e. The van der Waals surface area contributed by atoms with Crippen molar-refractivity contribution < 1.29 is 4.74 Å². The number of fused-ring (bicyclic) bond motifs is 2. The van der Waals surface area contributed by atoms with Crippen molar-refractivity contribution in [2.24, 2.45) is 0 Å². The molecule has 1 aromatic carbocycles. The van der Waals surface area contributed by atoms with Crippen LogP contribution in [0.25, 0.3) is 33.3 Å². The van der Waals surface area contributed by atoms with Gasteiger partial charge in [0, 0.05) is 30.5 Å². The van der Waals surface area contributed by atoms with Gasteiger partial charge in [-0.05, 0) is 41.3 Å². The van der Waals surface area contributed by atoms with Crippen molar-refractivity contribution in [3.8, 4) is 11.3 Å². The molecule has 0 spiro atoms. The minimum absolute atomic E-state index is 0.111. The number of benzene rings is 1. The Morgan fingerprint density at radius 3 is 2.97 bits per heavy atom. The molecule has 0 saturated carbocycles.